The molecule has 1 amide bonds. The van der Waals surface area contributed by atoms with Crippen LogP contribution >= 0.6 is 0 Å². The first-order valence-corrected chi connectivity index (χ1v) is 12.7. The van der Waals surface area contributed by atoms with Crippen LogP contribution in [0.15, 0.2) is 72.6 Å². The second kappa shape index (κ2) is 10.5. The second-order valence-corrected chi connectivity index (χ2v) is 9.51. The van der Waals surface area contributed by atoms with Gasteiger partial charge >= 0.3 is 0 Å². The summed E-state index contributed by atoms with van der Waals surface area (Å²) < 4.78 is 11.7. The van der Waals surface area contributed by atoms with E-state index in [0.29, 0.717) is 29.9 Å². The molecule has 1 aromatic heterocycles. The Morgan fingerprint density at radius 3 is 2.73 bits per heavy atom. The molecule has 37 heavy (non-hydrogen) atoms. The summed E-state index contributed by atoms with van der Waals surface area (Å²) in [7, 11) is 0. The molecule has 2 aliphatic rings. The number of aliphatic hydroxyl groups excluding tert-OH is 1. The van der Waals surface area contributed by atoms with Crippen LogP contribution in [0.1, 0.15) is 55.0 Å². The molecular formula is C30H30N2O5. The molecule has 0 unspecified atom stereocenters. The van der Waals surface area contributed by atoms with E-state index in [9.17, 15) is 14.7 Å². The van der Waals surface area contributed by atoms with Crippen molar-refractivity contribution in [2.75, 3.05) is 6.61 Å². The summed E-state index contributed by atoms with van der Waals surface area (Å²) in [6.45, 7) is 4.86. The molecule has 3 heterocycles. The average molecular weight is 499 g/mol. The van der Waals surface area contributed by atoms with Crippen LogP contribution in [0.3, 0.4) is 0 Å². The van der Waals surface area contributed by atoms with Crippen molar-refractivity contribution in [1.82, 2.24) is 9.88 Å². The minimum atomic E-state index is -0.772. The molecule has 1 fully saturated rings. The van der Waals surface area contributed by atoms with Crippen molar-refractivity contribution in [3.05, 3.63) is 94.8 Å². The summed E-state index contributed by atoms with van der Waals surface area (Å²) in [4.78, 5) is 32.3. The van der Waals surface area contributed by atoms with Gasteiger partial charge in [-0.25, -0.2) is 0 Å². The summed E-state index contributed by atoms with van der Waals surface area (Å²) in [6, 6.07) is 15.6. The van der Waals surface area contributed by atoms with Crippen molar-refractivity contribution < 1.29 is 24.2 Å². The normalized spacial score (nSPS) is 20.1. The van der Waals surface area contributed by atoms with Crippen molar-refractivity contribution >= 4 is 17.4 Å². The van der Waals surface area contributed by atoms with Gasteiger partial charge in [0.1, 0.15) is 23.4 Å². The molecule has 2 atom stereocenters. The van der Waals surface area contributed by atoms with E-state index in [2.05, 4.69) is 11.9 Å². The molecule has 190 valence electrons. The minimum Gasteiger partial charge on any atom is -0.507 e. The highest BCUT2D eigenvalue weighted by Gasteiger charge is 2.46. The standard InChI is InChI=1S/C30H30N2O5/c1-3-4-14-36-24-7-5-6-21(17-24)27-26(28(33)22-8-9-25-23(16-22)15-19(2)37-25)29(34)30(35)32(27)18-20-10-12-31-13-11-20/h5-13,16-17,19,27,33H,3-4,14-15,18H2,1-2H3/b28-26+/t19-,27-/m1/s1. The minimum absolute atomic E-state index is 0.0498. The number of benzene rings is 2. The highest BCUT2D eigenvalue weighted by Crippen LogP contribution is 2.42. The molecule has 5 rings (SSSR count). The van der Waals surface area contributed by atoms with Crippen molar-refractivity contribution in [3.63, 3.8) is 0 Å². The van der Waals surface area contributed by atoms with E-state index in [-0.39, 0.29) is 24.0 Å². The Hall–Kier alpha value is -4.13. The number of ether oxygens (including phenoxy) is 2. The van der Waals surface area contributed by atoms with Crippen molar-refractivity contribution in [2.24, 2.45) is 0 Å². The van der Waals surface area contributed by atoms with E-state index in [1.54, 1.807) is 24.5 Å². The molecule has 7 heteroatoms. The fourth-order valence-corrected chi connectivity index (χ4v) is 4.91. The number of fused-ring (bicyclic) bond motifs is 1. The van der Waals surface area contributed by atoms with Crippen LogP contribution in [0.2, 0.25) is 0 Å². The lowest BCUT2D eigenvalue weighted by atomic mass is 9.94. The van der Waals surface area contributed by atoms with Crippen molar-refractivity contribution in [2.45, 2.75) is 51.8 Å². The van der Waals surface area contributed by atoms with Crippen LogP contribution in [0.5, 0.6) is 11.5 Å². The zero-order valence-corrected chi connectivity index (χ0v) is 21.0. The SMILES string of the molecule is CCCCOc1cccc([C@@H]2/C(=C(\O)c3ccc4c(c3)C[C@@H](C)O4)C(=O)C(=O)N2Cc2ccncc2)c1. The van der Waals surface area contributed by atoms with Crippen molar-refractivity contribution in [3.8, 4) is 11.5 Å². The molecular weight excluding hydrogens is 468 g/mol. The van der Waals surface area contributed by atoms with Crippen molar-refractivity contribution in [1.29, 1.82) is 0 Å². The maximum absolute atomic E-state index is 13.4. The summed E-state index contributed by atoms with van der Waals surface area (Å²) in [5.74, 6) is -0.127. The Labute approximate surface area is 216 Å². The monoisotopic (exact) mass is 498 g/mol. The van der Waals surface area contributed by atoms with Gasteiger partial charge in [-0.05, 0) is 72.5 Å². The number of aliphatic hydroxyl groups is 1. The second-order valence-electron chi connectivity index (χ2n) is 9.51. The predicted octanol–water partition coefficient (Wildman–Crippen LogP) is 5.21. The van der Waals surface area contributed by atoms with Gasteiger partial charge in [0.25, 0.3) is 11.7 Å². The third-order valence-electron chi connectivity index (χ3n) is 6.75. The smallest absolute Gasteiger partial charge is 0.295 e. The highest BCUT2D eigenvalue weighted by atomic mass is 16.5. The number of carbonyl (C=O) groups is 2. The summed E-state index contributed by atoms with van der Waals surface area (Å²) in [5, 5.41) is 11.5. The van der Waals surface area contributed by atoms with Gasteiger partial charge in [0, 0.05) is 30.9 Å². The van der Waals surface area contributed by atoms with E-state index in [4.69, 9.17) is 9.47 Å². The van der Waals surface area contributed by atoms with Crippen LogP contribution in [0, 0.1) is 0 Å². The number of hydrogen-bond acceptors (Lipinski definition) is 6. The number of likely N-dealkylation sites (tertiary alicyclic amines) is 1. The summed E-state index contributed by atoms with van der Waals surface area (Å²) in [6.07, 6.45) is 6.00. The number of hydrogen-bond donors (Lipinski definition) is 1. The Balaban J connectivity index is 1.59. The zero-order chi connectivity index (χ0) is 25.9. The van der Waals surface area contributed by atoms with Gasteiger partial charge in [-0.1, -0.05) is 25.5 Å². The number of pyridine rings is 1. The van der Waals surface area contributed by atoms with E-state index in [1.807, 2.05) is 49.4 Å². The van der Waals surface area contributed by atoms with E-state index < -0.39 is 17.7 Å². The molecule has 2 aliphatic heterocycles. The summed E-state index contributed by atoms with van der Waals surface area (Å²) >= 11 is 0. The van der Waals surface area contributed by atoms with Gasteiger partial charge in [-0.3, -0.25) is 14.6 Å². The first kappa shape index (κ1) is 24.6. The molecule has 0 spiro atoms. The molecule has 1 N–H and O–H groups in total. The fraction of sp³-hybridized carbons (Fsp3) is 0.300. The third-order valence-corrected chi connectivity index (χ3v) is 6.75. The van der Waals surface area contributed by atoms with Crippen LogP contribution in [-0.2, 0) is 22.6 Å². The quantitative estimate of drug-likeness (QED) is 0.199. The van der Waals surface area contributed by atoms with E-state index in [1.165, 1.54) is 4.90 Å². The molecule has 0 radical (unpaired) electrons. The molecule has 0 aliphatic carbocycles. The number of rotatable bonds is 8. The largest absolute Gasteiger partial charge is 0.507 e. The van der Waals surface area contributed by atoms with Gasteiger partial charge in [-0.15, -0.1) is 0 Å². The Morgan fingerprint density at radius 1 is 1.14 bits per heavy atom. The molecule has 7 nitrogen and oxygen atoms in total. The molecule has 0 bridgehead atoms. The lowest BCUT2D eigenvalue weighted by molar-refractivity contribution is -0.140. The Kier molecular flexibility index (Phi) is 6.95. The fourth-order valence-electron chi connectivity index (χ4n) is 4.91. The number of Topliss-reactive ketones (excluding diaryl/α,β-unsaturated/α-hetero) is 1. The number of amides is 1. The first-order valence-electron chi connectivity index (χ1n) is 12.7. The topological polar surface area (TPSA) is 89.0 Å². The van der Waals surface area contributed by atoms with Crippen LogP contribution in [-0.4, -0.2) is 39.4 Å². The lowest BCUT2D eigenvalue weighted by Crippen LogP contribution is -2.29. The van der Waals surface area contributed by atoms with Gasteiger partial charge in [0.05, 0.1) is 18.2 Å². The lowest BCUT2D eigenvalue weighted by Gasteiger charge is -2.26. The summed E-state index contributed by atoms with van der Waals surface area (Å²) in [5.41, 5.74) is 3.05. The Bertz CT molecular complexity index is 1350. The number of carbonyl (C=O) groups excluding carboxylic acids is 2. The molecule has 0 saturated carbocycles. The number of ketones is 1. The van der Waals surface area contributed by atoms with Crippen LogP contribution < -0.4 is 9.47 Å². The van der Waals surface area contributed by atoms with Crippen LogP contribution in [0.25, 0.3) is 5.76 Å². The Morgan fingerprint density at radius 2 is 1.95 bits per heavy atom. The van der Waals surface area contributed by atoms with Gasteiger partial charge in [-0.2, -0.15) is 0 Å². The maximum Gasteiger partial charge on any atom is 0.295 e. The average Bonchev–Trinajstić information content (AvgIpc) is 3.40. The molecule has 1 saturated heterocycles. The van der Waals surface area contributed by atoms with E-state index >= 15 is 0 Å². The van der Waals surface area contributed by atoms with Gasteiger partial charge < -0.3 is 19.5 Å². The first-order chi connectivity index (χ1) is 18.0. The number of aromatic nitrogens is 1. The molecule has 3 aromatic rings. The zero-order valence-electron chi connectivity index (χ0n) is 21.0. The number of unbranched alkanes of at least 4 members (excludes halogenated alkanes) is 1. The van der Waals surface area contributed by atoms with Crippen LogP contribution in [0.4, 0.5) is 0 Å². The third kappa shape index (κ3) is 4.94. The number of nitrogens with zero attached hydrogens (tertiary/aromatic N) is 2. The highest BCUT2D eigenvalue weighted by molar-refractivity contribution is 6.46. The maximum atomic E-state index is 13.4. The predicted molar refractivity (Wildman–Crippen MR) is 139 cm³/mol. The van der Waals surface area contributed by atoms with Gasteiger partial charge in [0.15, 0.2) is 0 Å². The van der Waals surface area contributed by atoms with E-state index in [0.717, 1.165) is 29.7 Å². The van der Waals surface area contributed by atoms with Gasteiger partial charge in [0.2, 0.25) is 0 Å². The molecule has 2 aromatic carbocycles.